The zero-order valence-corrected chi connectivity index (χ0v) is 4.20. The largest absolute Gasteiger partial charge is 0.290 e. The molecule has 0 saturated carbocycles. The smallest absolute Gasteiger partial charge is 0.194 e. The second kappa shape index (κ2) is 5.23. The van der Waals surface area contributed by atoms with Crippen molar-refractivity contribution in [1.82, 2.24) is 0 Å². The lowest BCUT2D eigenvalue weighted by Gasteiger charge is -1.87. The summed E-state index contributed by atoms with van der Waals surface area (Å²) in [7, 11) is 0. The Bertz CT molecular complexity index is 20.8. The van der Waals surface area contributed by atoms with Gasteiger partial charge in [-0.05, 0) is 6.92 Å². The van der Waals surface area contributed by atoms with E-state index in [-0.39, 0.29) is 0 Å². The van der Waals surface area contributed by atoms with E-state index in [1.807, 2.05) is 0 Å². The molecule has 0 unspecified atom stereocenters. The van der Waals surface area contributed by atoms with Gasteiger partial charge in [-0.2, -0.15) is 0 Å². The van der Waals surface area contributed by atoms with Gasteiger partial charge in [-0.1, -0.05) is 0 Å². The van der Waals surface area contributed by atoms with Crippen LogP contribution in [-0.4, -0.2) is 11.9 Å². The Morgan fingerprint density at radius 1 is 1.83 bits per heavy atom. The first-order valence-corrected chi connectivity index (χ1v) is 2.18. The normalized spacial score (nSPS) is 9.00. The Morgan fingerprint density at radius 3 is 2.67 bits per heavy atom. The van der Waals surface area contributed by atoms with Crippen LogP contribution in [0, 0.1) is 0 Å². The van der Waals surface area contributed by atoms with E-state index in [0.717, 1.165) is 0 Å². The van der Waals surface area contributed by atoms with Gasteiger partial charge in [0.15, 0.2) is 12.3 Å². The average molecular weight is 110 g/mol. The van der Waals surface area contributed by atoms with Crippen LogP contribution in [0.1, 0.15) is 6.92 Å². The molecule has 0 aliphatic rings. The number of hydrogen-bond acceptors (Lipinski definition) is 4. The minimum atomic E-state index is 0.533. The molecule has 0 atom stereocenters. The molecule has 0 radical (unpaired) electrons. The zero-order valence-electron chi connectivity index (χ0n) is 3.38. The Balaban J connectivity index is 2.34. The summed E-state index contributed by atoms with van der Waals surface area (Å²) in [5.74, 6) is 0. The molecular weight excluding hydrogens is 104 g/mol. The lowest BCUT2D eigenvalue weighted by Crippen LogP contribution is -1.75. The fourth-order valence-electron chi connectivity index (χ4n) is 0.0696. The van der Waals surface area contributed by atoms with Crippen molar-refractivity contribution < 1.29 is 13.8 Å². The maximum absolute atomic E-state index is 7.54. The van der Waals surface area contributed by atoms with Gasteiger partial charge in [-0.15, -0.1) is 4.33 Å². The highest BCUT2D eigenvalue weighted by Gasteiger charge is 1.76. The molecule has 3 nitrogen and oxygen atoms in total. The summed E-state index contributed by atoms with van der Waals surface area (Å²) >= 11 is 0.564. The Morgan fingerprint density at radius 2 is 2.50 bits per heavy atom. The molecule has 0 aliphatic carbocycles. The monoisotopic (exact) mass is 110 g/mol. The molecule has 0 bridgehead atoms. The molecule has 0 aromatic carbocycles. The van der Waals surface area contributed by atoms with Crippen molar-refractivity contribution in [2.45, 2.75) is 6.92 Å². The second-order valence-corrected chi connectivity index (χ2v) is 1.07. The van der Waals surface area contributed by atoms with Gasteiger partial charge in [0.05, 0.1) is 6.61 Å². The predicted molar refractivity (Wildman–Crippen MR) is 22.9 cm³/mol. The van der Waals surface area contributed by atoms with Gasteiger partial charge in [0.2, 0.25) is 0 Å². The molecule has 1 N–H and O–H groups in total. The highest BCUT2D eigenvalue weighted by atomic mass is 32.2. The van der Waals surface area contributed by atoms with Crippen LogP contribution in [0.15, 0.2) is 0 Å². The van der Waals surface area contributed by atoms with Crippen LogP contribution in [0.5, 0.6) is 0 Å². The first kappa shape index (κ1) is 6.23. The molecule has 0 saturated heterocycles. The highest BCUT2D eigenvalue weighted by Crippen LogP contribution is 1.98. The van der Waals surface area contributed by atoms with Crippen LogP contribution in [0.2, 0.25) is 0 Å². The van der Waals surface area contributed by atoms with Crippen LogP contribution in [0.25, 0.3) is 0 Å². The summed E-state index contributed by atoms with van der Waals surface area (Å²) in [6.07, 6.45) is 0. The van der Waals surface area contributed by atoms with E-state index in [2.05, 4.69) is 8.52 Å². The summed E-state index contributed by atoms with van der Waals surface area (Å²) < 4.78 is 7.90. The van der Waals surface area contributed by atoms with E-state index < -0.39 is 0 Å². The molecule has 4 heteroatoms. The van der Waals surface area contributed by atoms with Crippen LogP contribution in [-0.2, 0) is 8.52 Å². The number of hydrogen-bond donors (Lipinski definition) is 1. The third kappa shape index (κ3) is 4.23. The van der Waals surface area contributed by atoms with Crippen molar-refractivity contribution in [2.75, 3.05) is 6.61 Å². The lowest BCUT2D eigenvalue weighted by molar-refractivity contribution is -0.124. The van der Waals surface area contributed by atoms with Crippen LogP contribution in [0.3, 0.4) is 0 Å². The van der Waals surface area contributed by atoms with Crippen LogP contribution < -0.4 is 0 Å². The van der Waals surface area contributed by atoms with Gasteiger partial charge in [-0.3, -0.25) is 4.18 Å². The van der Waals surface area contributed by atoms with Gasteiger partial charge in [0, 0.05) is 0 Å². The minimum Gasteiger partial charge on any atom is -0.290 e. The van der Waals surface area contributed by atoms with Crippen LogP contribution >= 0.6 is 12.3 Å². The van der Waals surface area contributed by atoms with E-state index in [4.69, 9.17) is 5.26 Å². The fraction of sp³-hybridized carbons (Fsp3) is 1.00. The van der Waals surface area contributed by atoms with Gasteiger partial charge in [0.1, 0.15) is 0 Å². The van der Waals surface area contributed by atoms with Crippen molar-refractivity contribution in [3.63, 3.8) is 0 Å². The van der Waals surface area contributed by atoms with Crippen molar-refractivity contribution in [1.29, 1.82) is 0 Å². The molecule has 0 aromatic heterocycles. The summed E-state index contributed by atoms with van der Waals surface area (Å²) in [5, 5.41) is 7.54. The standard InChI is InChI=1S/C2H6O3S/c1-2-4-6-5-3/h3H,2H2,1H3. The topological polar surface area (TPSA) is 38.7 Å². The fourth-order valence-corrected chi connectivity index (χ4v) is 0.209. The maximum atomic E-state index is 7.54. The summed E-state index contributed by atoms with van der Waals surface area (Å²) in [4.78, 5) is 0. The Labute approximate surface area is 40.6 Å². The van der Waals surface area contributed by atoms with Gasteiger partial charge in [0.25, 0.3) is 0 Å². The Hall–Kier alpha value is 0.230. The average Bonchev–Trinajstić information content (AvgIpc) is 1.61. The predicted octanol–water partition coefficient (Wildman–Crippen LogP) is 1.08. The molecular formula is C2H6O3S. The summed E-state index contributed by atoms with van der Waals surface area (Å²) in [6, 6.07) is 0. The van der Waals surface area contributed by atoms with Gasteiger partial charge < -0.3 is 0 Å². The third-order valence-electron chi connectivity index (χ3n) is 0.196. The quantitative estimate of drug-likeness (QED) is 0.255. The molecule has 6 heavy (non-hydrogen) atoms. The van der Waals surface area contributed by atoms with Gasteiger partial charge >= 0.3 is 0 Å². The molecule has 38 valence electrons. The summed E-state index contributed by atoms with van der Waals surface area (Å²) in [6.45, 7) is 2.33. The first-order chi connectivity index (χ1) is 2.91. The molecule has 0 rings (SSSR count). The lowest BCUT2D eigenvalue weighted by atomic mass is 10.9. The zero-order chi connectivity index (χ0) is 4.83. The van der Waals surface area contributed by atoms with Crippen LogP contribution in [0.4, 0.5) is 0 Å². The minimum absolute atomic E-state index is 0.533. The number of rotatable bonds is 3. The molecule has 0 spiro atoms. The van der Waals surface area contributed by atoms with E-state index in [1.54, 1.807) is 6.92 Å². The van der Waals surface area contributed by atoms with Crippen molar-refractivity contribution in [2.24, 2.45) is 0 Å². The SMILES string of the molecule is CCOSOO. The summed E-state index contributed by atoms with van der Waals surface area (Å²) in [5.41, 5.74) is 0. The first-order valence-electron chi connectivity index (χ1n) is 1.51. The third-order valence-corrected chi connectivity index (χ3v) is 0.589. The van der Waals surface area contributed by atoms with E-state index >= 15 is 0 Å². The Kier molecular flexibility index (Phi) is 5.43. The molecule has 0 aliphatic heterocycles. The van der Waals surface area contributed by atoms with E-state index in [1.165, 1.54) is 0 Å². The molecule has 0 heterocycles. The second-order valence-electron chi connectivity index (χ2n) is 0.549. The highest BCUT2D eigenvalue weighted by molar-refractivity contribution is 7.89. The van der Waals surface area contributed by atoms with E-state index in [0.29, 0.717) is 18.9 Å². The van der Waals surface area contributed by atoms with Crippen molar-refractivity contribution >= 4 is 12.3 Å². The van der Waals surface area contributed by atoms with Gasteiger partial charge in [-0.25, -0.2) is 5.26 Å². The van der Waals surface area contributed by atoms with E-state index in [9.17, 15) is 0 Å². The molecule has 0 fully saturated rings. The maximum Gasteiger partial charge on any atom is 0.194 e. The molecule has 0 amide bonds. The van der Waals surface area contributed by atoms with Crippen molar-refractivity contribution in [3.05, 3.63) is 0 Å². The molecule has 0 aromatic rings. The van der Waals surface area contributed by atoms with Crippen molar-refractivity contribution in [3.8, 4) is 0 Å².